The van der Waals surface area contributed by atoms with Gasteiger partial charge >= 0.3 is 0 Å². The van der Waals surface area contributed by atoms with Crippen LogP contribution in [-0.2, 0) is 17.8 Å². The van der Waals surface area contributed by atoms with Crippen LogP contribution in [0.3, 0.4) is 0 Å². The van der Waals surface area contributed by atoms with Gasteiger partial charge in [0.2, 0.25) is 5.91 Å². The quantitative estimate of drug-likeness (QED) is 0.389. The number of amides is 1. The monoisotopic (exact) mass is 455 g/mol. The molecule has 1 unspecified atom stereocenters. The molecule has 1 amide bonds. The fourth-order valence-corrected chi connectivity index (χ4v) is 5.09. The average molecular weight is 456 g/mol. The Balaban J connectivity index is 1.43. The third-order valence-corrected chi connectivity index (χ3v) is 6.89. The van der Waals surface area contributed by atoms with E-state index in [1.807, 2.05) is 60.4 Å². The van der Waals surface area contributed by atoms with Crippen molar-refractivity contribution in [2.75, 3.05) is 11.4 Å². The van der Waals surface area contributed by atoms with Crippen molar-refractivity contribution in [2.45, 2.75) is 36.7 Å². The highest BCUT2D eigenvalue weighted by atomic mass is 32.2. The van der Waals surface area contributed by atoms with Gasteiger partial charge in [0.05, 0.1) is 11.8 Å². The molecule has 2 aromatic carbocycles. The molecule has 7 heteroatoms. The van der Waals surface area contributed by atoms with Crippen molar-refractivity contribution in [3.8, 4) is 11.4 Å². The maximum atomic E-state index is 13.4. The molecule has 0 saturated heterocycles. The lowest BCUT2D eigenvalue weighted by Gasteiger charge is -2.31. The summed E-state index contributed by atoms with van der Waals surface area (Å²) in [6.45, 7) is 3.32. The molecule has 2 aromatic heterocycles. The van der Waals surface area contributed by atoms with E-state index in [1.54, 1.807) is 12.4 Å². The zero-order valence-electron chi connectivity index (χ0n) is 18.5. The standard InChI is InChI=1S/C26H25N5OS/c1-19(25(32)30-16-8-13-21-11-5-6-14-23(21)30)33-26-29-28-24(22-12-7-15-27-17-22)31(26)18-20-9-3-2-4-10-20/h2-7,9-12,14-15,17,19H,8,13,16,18H2,1H3. The molecule has 0 N–H and O–H groups in total. The van der Waals surface area contributed by atoms with Crippen molar-refractivity contribution in [3.63, 3.8) is 0 Å². The number of anilines is 1. The molecule has 0 saturated carbocycles. The first kappa shape index (κ1) is 21.4. The van der Waals surface area contributed by atoms with Crippen LogP contribution in [0.15, 0.2) is 84.3 Å². The number of para-hydroxylation sites is 1. The van der Waals surface area contributed by atoms with Gasteiger partial charge in [-0.3, -0.25) is 14.3 Å². The second-order valence-electron chi connectivity index (χ2n) is 8.10. The Morgan fingerprint density at radius 2 is 1.85 bits per heavy atom. The van der Waals surface area contributed by atoms with E-state index < -0.39 is 0 Å². The average Bonchev–Trinajstić information content (AvgIpc) is 3.26. The van der Waals surface area contributed by atoms with Crippen molar-refractivity contribution >= 4 is 23.4 Å². The molecule has 0 bridgehead atoms. The molecule has 0 aliphatic carbocycles. The van der Waals surface area contributed by atoms with Crippen LogP contribution in [0, 0.1) is 0 Å². The molecule has 3 heterocycles. The maximum absolute atomic E-state index is 13.4. The predicted molar refractivity (Wildman–Crippen MR) is 131 cm³/mol. The Labute approximate surface area is 197 Å². The fourth-order valence-electron chi connectivity index (χ4n) is 4.18. The normalized spacial score (nSPS) is 14.0. The Hall–Kier alpha value is -3.45. The van der Waals surface area contributed by atoms with Crippen LogP contribution < -0.4 is 4.90 Å². The summed E-state index contributed by atoms with van der Waals surface area (Å²) in [7, 11) is 0. The third-order valence-electron chi connectivity index (χ3n) is 5.83. The lowest BCUT2D eigenvalue weighted by molar-refractivity contribution is -0.117. The van der Waals surface area contributed by atoms with Crippen LogP contribution in [0.5, 0.6) is 0 Å². The molecular formula is C26H25N5OS. The van der Waals surface area contributed by atoms with E-state index in [0.717, 1.165) is 47.2 Å². The van der Waals surface area contributed by atoms with E-state index in [2.05, 4.69) is 37.9 Å². The molecule has 5 rings (SSSR count). The first-order valence-electron chi connectivity index (χ1n) is 11.1. The van der Waals surface area contributed by atoms with E-state index in [4.69, 9.17) is 0 Å². The minimum atomic E-state index is -0.295. The van der Waals surface area contributed by atoms with Gasteiger partial charge in [-0.25, -0.2) is 0 Å². The van der Waals surface area contributed by atoms with Gasteiger partial charge in [0.1, 0.15) is 0 Å². The summed E-state index contributed by atoms with van der Waals surface area (Å²) in [5.74, 6) is 0.849. The van der Waals surface area contributed by atoms with Gasteiger partial charge in [-0.15, -0.1) is 10.2 Å². The minimum absolute atomic E-state index is 0.101. The number of thioether (sulfide) groups is 1. The number of hydrogen-bond acceptors (Lipinski definition) is 5. The van der Waals surface area contributed by atoms with Crippen molar-refractivity contribution < 1.29 is 4.79 Å². The number of aromatic nitrogens is 4. The number of nitrogens with zero attached hydrogens (tertiary/aromatic N) is 5. The Morgan fingerprint density at radius 3 is 2.67 bits per heavy atom. The molecule has 0 fully saturated rings. The molecule has 0 radical (unpaired) electrons. The molecule has 1 atom stereocenters. The molecule has 6 nitrogen and oxygen atoms in total. The van der Waals surface area contributed by atoms with E-state index in [-0.39, 0.29) is 11.2 Å². The van der Waals surface area contributed by atoms with Crippen molar-refractivity contribution in [1.29, 1.82) is 0 Å². The Morgan fingerprint density at radius 1 is 1.03 bits per heavy atom. The fraction of sp³-hybridized carbons (Fsp3) is 0.231. The lowest BCUT2D eigenvalue weighted by atomic mass is 10.0. The van der Waals surface area contributed by atoms with E-state index >= 15 is 0 Å². The van der Waals surface area contributed by atoms with E-state index in [9.17, 15) is 4.79 Å². The highest BCUT2D eigenvalue weighted by molar-refractivity contribution is 8.00. The van der Waals surface area contributed by atoms with Crippen molar-refractivity contribution in [1.82, 2.24) is 19.7 Å². The summed E-state index contributed by atoms with van der Waals surface area (Å²) in [5.41, 5.74) is 4.31. The number of carbonyl (C=O) groups is 1. The molecule has 4 aromatic rings. The van der Waals surface area contributed by atoms with Gasteiger partial charge < -0.3 is 4.90 Å². The molecular weight excluding hydrogens is 430 g/mol. The van der Waals surface area contributed by atoms with Gasteiger partial charge in [-0.1, -0.05) is 60.3 Å². The summed E-state index contributed by atoms with van der Waals surface area (Å²) in [6, 6.07) is 22.3. The van der Waals surface area contributed by atoms with Crippen LogP contribution in [0.25, 0.3) is 11.4 Å². The number of rotatable bonds is 6. The van der Waals surface area contributed by atoms with Gasteiger partial charge in [0, 0.05) is 30.2 Å². The molecule has 0 spiro atoms. The van der Waals surface area contributed by atoms with Gasteiger partial charge in [-0.05, 0) is 49.1 Å². The highest BCUT2D eigenvalue weighted by Crippen LogP contribution is 2.32. The number of hydrogen-bond donors (Lipinski definition) is 0. The summed E-state index contributed by atoms with van der Waals surface area (Å²) in [6.07, 6.45) is 5.53. The number of benzene rings is 2. The number of fused-ring (bicyclic) bond motifs is 1. The summed E-state index contributed by atoms with van der Waals surface area (Å²) in [5, 5.41) is 9.38. The summed E-state index contributed by atoms with van der Waals surface area (Å²) >= 11 is 1.46. The maximum Gasteiger partial charge on any atom is 0.240 e. The molecule has 33 heavy (non-hydrogen) atoms. The van der Waals surface area contributed by atoms with E-state index in [1.165, 1.54) is 17.3 Å². The van der Waals surface area contributed by atoms with Crippen LogP contribution in [0.2, 0.25) is 0 Å². The van der Waals surface area contributed by atoms with Gasteiger partial charge in [-0.2, -0.15) is 0 Å². The van der Waals surface area contributed by atoms with Crippen LogP contribution >= 0.6 is 11.8 Å². The SMILES string of the molecule is CC(Sc1nnc(-c2cccnc2)n1Cc1ccccc1)C(=O)N1CCCc2ccccc21. The Kier molecular flexibility index (Phi) is 6.21. The largest absolute Gasteiger partial charge is 0.311 e. The topological polar surface area (TPSA) is 63.9 Å². The first-order chi connectivity index (χ1) is 16.2. The van der Waals surface area contributed by atoms with Crippen LogP contribution in [-0.4, -0.2) is 37.5 Å². The van der Waals surface area contributed by atoms with E-state index in [0.29, 0.717) is 6.54 Å². The summed E-state index contributed by atoms with van der Waals surface area (Å²) in [4.78, 5) is 19.6. The van der Waals surface area contributed by atoms with Crippen LogP contribution in [0.1, 0.15) is 24.5 Å². The Bertz CT molecular complexity index is 1240. The zero-order chi connectivity index (χ0) is 22.6. The van der Waals surface area contributed by atoms with Crippen LogP contribution in [0.4, 0.5) is 5.69 Å². The lowest BCUT2D eigenvalue weighted by Crippen LogP contribution is -2.40. The minimum Gasteiger partial charge on any atom is -0.311 e. The third kappa shape index (κ3) is 4.54. The smallest absolute Gasteiger partial charge is 0.240 e. The molecule has 1 aliphatic rings. The number of aryl methyl sites for hydroxylation is 1. The zero-order valence-corrected chi connectivity index (χ0v) is 19.3. The molecule has 1 aliphatic heterocycles. The first-order valence-corrected chi connectivity index (χ1v) is 12.0. The van der Waals surface area contributed by atoms with Crippen molar-refractivity contribution in [2.24, 2.45) is 0 Å². The van der Waals surface area contributed by atoms with Gasteiger partial charge in [0.25, 0.3) is 0 Å². The number of carbonyl (C=O) groups excluding carboxylic acids is 1. The highest BCUT2D eigenvalue weighted by Gasteiger charge is 2.28. The molecule has 166 valence electrons. The second-order valence-corrected chi connectivity index (χ2v) is 9.41. The number of pyridine rings is 1. The second kappa shape index (κ2) is 9.58. The predicted octanol–water partition coefficient (Wildman–Crippen LogP) is 4.85. The van der Waals surface area contributed by atoms with Gasteiger partial charge in [0.15, 0.2) is 11.0 Å². The van der Waals surface area contributed by atoms with Crippen molar-refractivity contribution in [3.05, 3.63) is 90.3 Å². The summed E-state index contributed by atoms with van der Waals surface area (Å²) < 4.78 is 2.07.